The molecule has 0 atom stereocenters. The highest BCUT2D eigenvalue weighted by atomic mass is 32.1. The number of benzene rings is 1. The Bertz CT molecular complexity index is 352. The molecule has 1 aromatic carbocycles. The van der Waals surface area contributed by atoms with Crippen molar-refractivity contribution in [2.75, 3.05) is 0 Å². The lowest BCUT2D eigenvalue weighted by Gasteiger charge is -2.01. The van der Waals surface area contributed by atoms with E-state index in [0.29, 0.717) is 11.4 Å². The number of nitriles is 1. The molecule has 0 aliphatic heterocycles. The molecule has 0 bridgehead atoms. The topological polar surface area (TPSA) is 35.8 Å². The molecule has 0 unspecified atom stereocenters. The molecule has 3 heteroatoms. The minimum Gasteiger partial charge on any atom is -0.286 e. The molecule has 0 amide bonds. The highest BCUT2D eigenvalue weighted by molar-refractivity contribution is 7.80. The first kappa shape index (κ1) is 9.69. The van der Waals surface area contributed by atoms with Gasteiger partial charge in [-0.25, -0.2) is 0 Å². The van der Waals surface area contributed by atoms with Crippen molar-refractivity contribution in [2.24, 2.45) is 0 Å². The van der Waals surface area contributed by atoms with Gasteiger partial charge in [0, 0.05) is 6.42 Å². The summed E-state index contributed by atoms with van der Waals surface area (Å²) in [5.74, 6) is 0. The van der Waals surface area contributed by atoms with E-state index in [4.69, 9.17) is 17.5 Å². The molecule has 1 rings (SSSR count). The zero-order valence-corrected chi connectivity index (χ0v) is 8.19. The summed E-state index contributed by atoms with van der Waals surface area (Å²) >= 11 is 4.94. The lowest BCUT2D eigenvalue weighted by atomic mass is 10.1. The Hall–Kier alpha value is -1.40. The van der Waals surface area contributed by atoms with Crippen LogP contribution in [0.1, 0.15) is 11.1 Å². The molecule has 1 N–H and O–H groups in total. The van der Waals surface area contributed by atoms with Gasteiger partial charge in [0.1, 0.15) is 0 Å². The van der Waals surface area contributed by atoms with Crippen LogP contribution < -0.4 is 5.32 Å². The van der Waals surface area contributed by atoms with E-state index in [1.54, 1.807) is 0 Å². The van der Waals surface area contributed by atoms with E-state index in [-0.39, 0.29) is 0 Å². The first-order valence-electron chi connectivity index (χ1n) is 3.96. The molecular weight excluding hydrogens is 180 g/mol. The Morgan fingerprint density at radius 1 is 1.62 bits per heavy atom. The lowest BCUT2D eigenvalue weighted by molar-refractivity contribution is 1.20. The second kappa shape index (κ2) is 4.58. The Morgan fingerprint density at radius 3 is 3.00 bits per heavy atom. The zero-order valence-electron chi connectivity index (χ0n) is 7.37. The fraction of sp³-hybridized carbons (Fsp3) is 0.200. The molecule has 0 aliphatic rings. The minimum atomic E-state index is 0.563. The van der Waals surface area contributed by atoms with Crippen molar-refractivity contribution in [1.82, 2.24) is 5.32 Å². The Morgan fingerprint density at radius 2 is 2.38 bits per heavy atom. The average molecular weight is 190 g/mol. The van der Waals surface area contributed by atoms with Crippen LogP contribution in [0, 0.1) is 18.4 Å². The average Bonchev–Trinajstić information content (AvgIpc) is 2.04. The van der Waals surface area contributed by atoms with Crippen LogP contribution in [-0.4, -0.2) is 4.99 Å². The normalized spacial score (nSPS) is 8.92. The second-order valence-corrected chi connectivity index (χ2v) is 3.32. The van der Waals surface area contributed by atoms with Gasteiger partial charge in [-0.3, -0.25) is 5.32 Å². The van der Waals surface area contributed by atoms with Crippen molar-refractivity contribution < 1.29 is 0 Å². The molecule has 0 saturated carbocycles. The van der Waals surface area contributed by atoms with Crippen LogP contribution in [-0.2, 0) is 6.42 Å². The van der Waals surface area contributed by atoms with Crippen molar-refractivity contribution in [1.29, 1.82) is 5.26 Å². The number of rotatable bonds is 2. The highest BCUT2D eigenvalue weighted by Gasteiger charge is 1.97. The zero-order chi connectivity index (χ0) is 9.68. The van der Waals surface area contributed by atoms with Gasteiger partial charge in [-0.05, 0) is 12.5 Å². The van der Waals surface area contributed by atoms with Crippen molar-refractivity contribution in [3.63, 3.8) is 0 Å². The standard InChI is InChI=1S/C10H10N2S/c1-8-3-2-4-9(5-8)6-10(13)12-7-11/h2-5H,6H2,1H3,(H,12,13). The summed E-state index contributed by atoms with van der Waals surface area (Å²) in [6, 6.07) is 8.08. The van der Waals surface area contributed by atoms with Crippen LogP contribution in [0.2, 0.25) is 0 Å². The Balaban J connectivity index is 2.65. The van der Waals surface area contributed by atoms with Crippen molar-refractivity contribution >= 4 is 17.2 Å². The van der Waals surface area contributed by atoms with Crippen LogP contribution in [0.5, 0.6) is 0 Å². The van der Waals surface area contributed by atoms with E-state index in [2.05, 4.69) is 11.4 Å². The maximum atomic E-state index is 8.32. The number of hydrogen-bond donors (Lipinski definition) is 1. The molecule has 1 aromatic rings. The van der Waals surface area contributed by atoms with Crippen LogP contribution in [0.3, 0.4) is 0 Å². The van der Waals surface area contributed by atoms with Crippen LogP contribution >= 0.6 is 12.2 Å². The second-order valence-electron chi connectivity index (χ2n) is 2.83. The minimum absolute atomic E-state index is 0.563. The summed E-state index contributed by atoms with van der Waals surface area (Å²) < 4.78 is 0. The first-order valence-corrected chi connectivity index (χ1v) is 4.36. The Labute approximate surface area is 83.2 Å². The SMILES string of the molecule is Cc1cccc(CC(=S)NC#N)c1. The summed E-state index contributed by atoms with van der Waals surface area (Å²) in [5, 5.41) is 10.8. The van der Waals surface area contributed by atoms with Crippen molar-refractivity contribution in [3.05, 3.63) is 35.4 Å². The van der Waals surface area contributed by atoms with E-state index < -0.39 is 0 Å². The quantitative estimate of drug-likeness (QED) is 0.440. The van der Waals surface area contributed by atoms with E-state index in [0.717, 1.165) is 5.56 Å². The fourth-order valence-electron chi connectivity index (χ4n) is 1.11. The summed E-state index contributed by atoms with van der Waals surface area (Å²) in [5.41, 5.74) is 2.34. The monoisotopic (exact) mass is 190 g/mol. The van der Waals surface area contributed by atoms with E-state index >= 15 is 0 Å². The number of nitrogens with zero attached hydrogens (tertiary/aromatic N) is 1. The van der Waals surface area contributed by atoms with Gasteiger partial charge in [0.2, 0.25) is 0 Å². The molecule has 0 spiro atoms. The van der Waals surface area contributed by atoms with Gasteiger partial charge in [-0.15, -0.1) is 0 Å². The predicted octanol–water partition coefficient (Wildman–Crippen LogP) is 1.94. The lowest BCUT2D eigenvalue weighted by Crippen LogP contribution is -2.17. The summed E-state index contributed by atoms with van der Waals surface area (Å²) in [6.45, 7) is 2.03. The molecule has 66 valence electrons. The first-order chi connectivity index (χ1) is 6.22. The van der Waals surface area contributed by atoms with E-state index in [1.807, 2.05) is 31.3 Å². The van der Waals surface area contributed by atoms with Gasteiger partial charge in [0.05, 0.1) is 4.99 Å². The molecular formula is C10H10N2S. The van der Waals surface area contributed by atoms with Gasteiger partial charge in [-0.2, -0.15) is 5.26 Å². The Kier molecular flexibility index (Phi) is 3.41. The van der Waals surface area contributed by atoms with Crippen LogP contribution in [0.15, 0.2) is 24.3 Å². The highest BCUT2D eigenvalue weighted by Crippen LogP contribution is 2.04. The largest absolute Gasteiger partial charge is 0.286 e. The molecule has 13 heavy (non-hydrogen) atoms. The van der Waals surface area contributed by atoms with E-state index in [9.17, 15) is 0 Å². The van der Waals surface area contributed by atoms with Crippen LogP contribution in [0.4, 0.5) is 0 Å². The molecule has 0 fully saturated rings. The smallest absolute Gasteiger partial charge is 0.181 e. The van der Waals surface area contributed by atoms with Gasteiger partial charge in [0.25, 0.3) is 0 Å². The van der Waals surface area contributed by atoms with Gasteiger partial charge in [-0.1, -0.05) is 42.0 Å². The van der Waals surface area contributed by atoms with Gasteiger partial charge < -0.3 is 0 Å². The molecule has 0 radical (unpaired) electrons. The summed E-state index contributed by atoms with van der Waals surface area (Å²) in [7, 11) is 0. The predicted molar refractivity (Wildman–Crippen MR) is 56.2 cm³/mol. The van der Waals surface area contributed by atoms with Crippen molar-refractivity contribution in [3.8, 4) is 6.19 Å². The third-order valence-electron chi connectivity index (χ3n) is 1.64. The molecule has 0 heterocycles. The van der Waals surface area contributed by atoms with Crippen LogP contribution in [0.25, 0.3) is 0 Å². The molecule has 0 aliphatic carbocycles. The fourth-order valence-corrected chi connectivity index (χ4v) is 1.33. The maximum Gasteiger partial charge on any atom is 0.181 e. The molecule has 0 saturated heterocycles. The third kappa shape index (κ3) is 3.22. The molecule has 0 aromatic heterocycles. The van der Waals surface area contributed by atoms with Crippen molar-refractivity contribution in [2.45, 2.75) is 13.3 Å². The third-order valence-corrected chi connectivity index (χ3v) is 1.89. The number of thiocarbonyl (C=S) groups is 1. The van der Waals surface area contributed by atoms with E-state index in [1.165, 1.54) is 5.56 Å². The molecule has 2 nitrogen and oxygen atoms in total. The summed E-state index contributed by atoms with van der Waals surface area (Å²) in [4.78, 5) is 0.563. The number of aryl methyl sites for hydroxylation is 1. The van der Waals surface area contributed by atoms with Gasteiger partial charge in [0.15, 0.2) is 6.19 Å². The maximum absolute atomic E-state index is 8.32. The summed E-state index contributed by atoms with van der Waals surface area (Å²) in [6.07, 6.45) is 2.44. The number of hydrogen-bond acceptors (Lipinski definition) is 2. The van der Waals surface area contributed by atoms with Gasteiger partial charge >= 0.3 is 0 Å². The number of nitrogens with one attached hydrogen (secondary N) is 1.